The van der Waals surface area contributed by atoms with Crippen LogP contribution in [-0.4, -0.2) is 15.7 Å². The monoisotopic (exact) mass is 459 g/mol. The van der Waals surface area contributed by atoms with Crippen LogP contribution in [0, 0.1) is 12.7 Å². The maximum atomic E-state index is 14.1. The fraction of sp³-hybridized carbons (Fsp3) is 0.150. The summed E-state index contributed by atoms with van der Waals surface area (Å²) in [6.07, 6.45) is -10.2. The predicted molar refractivity (Wildman–Crippen MR) is 98.9 cm³/mol. The second kappa shape index (κ2) is 8.09. The van der Waals surface area contributed by atoms with Crippen LogP contribution >= 0.6 is 0 Å². The van der Waals surface area contributed by atoms with E-state index < -0.39 is 52.0 Å². The van der Waals surface area contributed by atoms with Crippen molar-refractivity contribution in [2.45, 2.75) is 19.3 Å². The van der Waals surface area contributed by atoms with Gasteiger partial charge in [0.25, 0.3) is 5.91 Å². The molecule has 1 N–H and O–H groups in total. The van der Waals surface area contributed by atoms with E-state index in [0.717, 1.165) is 16.8 Å². The molecule has 0 atom stereocenters. The third-order valence-corrected chi connectivity index (χ3v) is 4.25. The molecule has 0 aliphatic heterocycles. The molecule has 168 valence electrons. The van der Waals surface area contributed by atoms with Gasteiger partial charge in [-0.3, -0.25) is 9.59 Å². The summed E-state index contributed by atoms with van der Waals surface area (Å²) in [7, 11) is 0. The van der Waals surface area contributed by atoms with Crippen molar-refractivity contribution in [3.8, 4) is 5.69 Å². The van der Waals surface area contributed by atoms with Gasteiger partial charge in [0, 0.05) is 17.4 Å². The molecule has 0 aliphatic carbocycles. The van der Waals surface area contributed by atoms with E-state index in [-0.39, 0.29) is 29.6 Å². The number of anilines is 1. The Morgan fingerprint density at radius 2 is 1.50 bits per heavy atom. The van der Waals surface area contributed by atoms with Gasteiger partial charge >= 0.3 is 12.4 Å². The largest absolute Gasteiger partial charge is 0.416 e. The van der Waals surface area contributed by atoms with E-state index in [1.165, 1.54) is 25.1 Å². The third-order valence-electron chi connectivity index (χ3n) is 4.25. The number of hydrogen-bond donors (Lipinski definition) is 1. The molecule has 0 unspecified atom stereocenters. The van der Waals surface area contributed by atoms with Crippen molar-refractivity contribution >= 4 is 11.6 Å². The Morgan fingerprint density at radius 1 is 0.938 bits per heavy atom. The van der Waals surface area contributed by atoms with E-state index in [4.69, 9.17) is 0 Å². The summed E-state index contributed by atoms with van der Waals surface area (Å²) in [5.41, 5.74) is -5.96. The molecule has 0 aliphatic rings. The summed E-state index contributed by atoms with van der Waals surface area (Å²) in [6, 6.07) is 6.63. The molecule has 0 bridgehead atoms. The van der Waals surface area contributed by atoms with Crippen molar-refractivity contribution in [3.05, 3.63) is 87.1 Å². The quantitative estimate of drug-likeness (QED) is 0.563. The first-order valence-corrected chi connectivity index (χ1v) is 8.74. The summed E-state index contributed by atoms with van der Waals surface area (Å²) >= 11 is 0. The number of halogens is 7. The summed E-state index contributed by atoms with van der Waals surface area (Å²) in [5.74, 6) is -2.11. The molecule has 1 amide bonds. The number of amides is 1. The lowest BCUT2D eigenvalue weighted by molar-refractivity contribution is -0.143. The topological polar surface area (TPSA) is 64.0 Å². The molecule has 3 aromatic rings. The Labute approximate surface area is 175 Å². The number of benzene rings is 2. The van der Waals surface area contributed by atoms with Gasteiger partial charge in [0.2, 0.25) is 5.43 Å². The van der Waals surface area contributed by atoms with Crippen LogP contribution in [0.2, 0.25) is 0 Å². The first-order valence-electron chi connectivity index (χ1n) is 8.74. The standard InChI is InChI=1S/C20H12F7N3O2/c1-10-6-16(31)17(29-30(10)15-5-3-2-4-14(15)21)18(32)28-13-8-11(19(22,23)24)7-12(9-13)20(25,26)27/h2-9H,1H3,(H,28,32). The Bertz CT molecular complexity index is 1210. The van der Waals surface area contributed by atoms with E-state index >= 15 is 0 Å². The first kappa shape index (κ1) is 23.0. The maximum Gasteiger partial charge on any atom is 0.416 e. The van der Waals surface area contributed by atoms with Crippen LogP contribution in [-0.2, 0) is 12.4 Å². The van der Waals surface area contributed by atoms with Gasteiger partial charge in [-0.25, -0.2) is 9.07 Å². The Kier molecular flexibility index (Phi) is 5.81. The number of rotatable bonds is 3. The van der Waals surface area contributed by atoms with Crippen LogP contribution in [0.1, 0.15) is 27.3 Å². The predicted octanol–water partition coefficient (Wildman–Crippen LogP) is 4.97. The summed E-state index contributed by atoms with van der Waals surface area (Å²) in [5, 5.41) is 5.58. The van der Waals surface area contributed by atoms with E-state index in [0.29, 0.717) is 0 Å². The fourth-order valence-electron chi connectivity index (χ4n) is 2.79. The summed E-state index contributed by atoms with van der Waals surface area (Å²) in [6.45, 7) is 1.39. The molecule has 32 heavy (non-hydrogen) atoms. The van der Waals surface area contributed by atoms with Gasteiger partial charge in [-0.15, -0.1) is 0 Å². The number of para-hydroxylation sites is 1. The van der Waals surface area contributed by atoms with Gasteiger partial charge in [-0.1, -0.05) is 12.1 Å². The van der Waals surface area contributed by atoms with Gasteiger partial charge in [0.05, 0.1) is 11.1 Å². The van der Waals surface area contributed by atoms with Gasteiger partial charge < -0.3 is 5.32 Å². The average Bonchev–Trinajstić information content (AvgIpc) is 2.67. The highest BCUT2D eigenvalue weighted by Crippen LogP contribution is 2.37. The smallest absolute Gasteiger partial charge is 0.320 e. The molecule has 1 heterocycles. The third kappa shape index (κ3) is 4.79. The van der Waals surface area contributed by atoms with Crippen molar-refractivity contribution in [1.82, 2.24) is 9.78 Å². The van der Waals surface area contributed by atoms with Gasteiger partial charge in [-0.05, 0) is 37.3 Å². The Morgan fingerprint density at radius 3 is 2.03 bits per heavy atom. The molecule has 12 heteroatoms. The van der Waals surface area contributed by atoms with Crippen molar-refractivity contribution in [2.75, 3.05) is 5.32 Å². The number of aryl methyl sites for hydroxylation is 1. The zero-order chi connectivity index (χ0) is 23.8. The number of alkyl halides is 6. The lowest BCUT2D eigenvalue weighted by Crippen LogP contribution is -2.27. The number of carbonyl (C=O) groups excluding carboxylic acids is 1. The minimum Gasteiger partial charge on any atom is -0.320 e. The minimum absolute atomic E-state index is 0.106. The highest BCUT2D eigenvalue weighted by atomic mass is 19.4. The maximum absolute atomic E-state index is 14.1. The Balaban J connectivity index is 2.05. The number of carbonyl (C=O) groups is 1. The van der Waals surface area contributed by atoms with Crippen LogP contribution < -0.4 is 10.7 Å². The number of hydrogen-bond acceptors (Lipinski definition) is 3. The van der Waals surface area contributed by atoms with E-state index in [2.05, 4.69) is 5.10 Å². The fourth-order valence-corrected chi connectivity index (χ4v) is 2.79. The molecule has 0 fully saturated rings. The number of nitrogens with zero attached hydrogens (tertiary/aromatic N) is 2. The minimum atomic E-state index is -5.12. The second-order valence-corrected chi connectivity index (χ2v) is 6.61. The molecule has 2 aromatic carbocycles. The van der Waals surface area contributed by atoms with Crippen LogP contribution in [0.25, 0.3) is 5.69 Å². The molecule has 3 rings (SSSR count). The normalized spacial score (nSPS) is 12.0. The molecule has 0 radical (unpaired) electrons. The Hall–Kier alpha value is -3.70. The lowest BCUT2D eigenvalue weighted by Gasteiger charge is -2.15. The summed E-state index contributed by atoms with van der Waals surface area (Å²) in [4.78, 5) is 24.7. The average molecular weight is 459 g/mol. The van der Waals surface area contributed by atoms with Crippen LogP contribution in [0.3, 0.4) is 0 Å². The zero-order valence-corrected chi connectivity index (χ0v) is 16.0. The molecule has 5 nitrogen and oxygen atoms in total. The zero-order valence-electron chi connectivity index (χ0n) is 16.0. The molecular weight excluding hydrogens is 447 g/mol. The number of nitrogens with one attached hydrogen (secondary N) is 1. The molecule has 0 saturated heterocycles. The molecular formula is C20H12F7N3O2. The van der Waals surface area contributed by atoms with Gasteiger partial charge in [-0.2, -0.15) is 31.4 Å². The van der Waals surface area contributed by atoms with Crippen LogP contribution in [0.4, 0.5) is 36.4 Å². The highest BCUT2D eigenvalue weighted by Gasteiger charge is 2.37. The summed E-state index contributed by atoms with van der Waals surface area (Å²) < 4.78 is 93.0. The van der Waals surface area contributed by atoms with Gasteiger partial charge in [0.1, 0.15) is 11.5 Å². The van der Waals surface area contributed by atoms with E-state index in [1.807, 2.05) is 5.32 Å². The molecule has 0 spiro atoms. The second-order valence-electron chi connectivity index (χ2n) is 6.61. The molecule has 1 aromatic heterocycles. The number of aromatic nitrogens is 2. The highest BCUT2D eigenvalue weighted by molar-refractivity contribution is 6.02. The van der Waals surface area contributed by atoms with Crippen molar-refractivity contribution in [2.24, 2.45) is 0 Å². The lowest BCUT2D eigenvalue weighted by atomic mass is 10.1. The van der Waals surface area contributed by atoms with Gasteiger partial charge in [0.15, 0.2) is 5.69 Å². The SMILES string of the molecule is Cc1cc(=O)c(C(=O)Nc2cc(C(F)(F)F)cc(C(F)(F)F)c2)nn1-c1ccccc1F. The van der Waals surface area contributed by atoms with E-state index in [1.54, 1.807) is 0 Å². The van der Waals surface area contributed by atoms with E-state index in [9.17, 15) is 40.3 Å². The van der Waals surface area contributed by atoms with Crippen LogP contribution in [0.5, 0.6) is 0 Å². The molecule has 0 saturated carbocycles. The first-order chi connectivity index (χ1) is 14.8. The van der Waals surface area contributed by atoms with Crippen LogP contribution in [0.15, 0.2) is 53.3 Å². The van der Waals surface area contributed by atoms with Crippen molar-refractivity contribution < 1.29 is 35.5 Å². The van der Waals surface area contributed by atoms with Crippen molar-refractivity contribution in [1.29, 1.82) is 0 Å². The van der Waals surface area contributed by atoms with Crippen molar-refractivity contribution in [3.63, 3.8) is 0 Å².